The first-order valence-electron chi connectivity index (χ1n) is 9.02. The Morgan fingerprint density at radius 1 is 1.15 bits per heavy atom. The van der Waals surface area contributed by atoms with Gasteiger partial charge in [0.1, 0.15) is 0 Å². The van der Waals surface area contributed by atoms with Gasteiger partial charge >= 0.3 is 5.97 Å². The average molecular weight is 376 g/mol. The summed E-state index contributed by atoms with van der Waals surface area (Å²) in [7, 11) is -1.87. The van der Waals surface area contributed by atoms with Crippen LogP contribution in [-0.4, -0.2) is 37.9 Å². The predicted octanol–water partition coefficient (Wildman–Crippen LogP) is 4.41. The molecule has 0 radical (unpaired) electrons. The summed E-state index contributed by atoms with van der Waals surface area (Å²) in [6.07, 6.45) is 0. The molecule has 0 amide bonds. The van der Waals surface area contributed by atoms with E-state index in [-0.39, 0.29) is 11.6 Å². The monoisotopic (exact) mass is 375 g/mol. The number of aromatic nitrogens is 1. The lowest BCUT2D eigenvalue weighted by Gasteiger charge is -2.36. The van der Waals surface area contributed by atoms with Gasteiger partial charge in [0.2, 0.25) is 0 Å². The Bertz CT molecular complexity index is 802. The number of ether oxygens (including phenoxy) is 1. The molecule has 2 rings (SSSR count). The quantitative estimate of drug-likeness (QED) is 0.311. The minimum atomic E-state index is -1.87. The molecule has 26 heavy (non-hydrogen) atoms. The van der Waals surface area contributed by atoms with E-state index in [1.54, 1.807) is 13.0 Å². The summed E-state index contributed by atoms with van der Waals surface area (Å²) in [5.74, 6) is -1.43. The van der Waals surface area contributed by atoms with E-state index in [1.165, 1.54) is 0 Å². The standard InChI is InChI=1S/C20H29NO4Si/c1-7-24-19(23)18(22)17-14-15-10-8-9-11-16(15)21(17)12-13-25-26(5,6)20(2,3)4/h8-11,14H,7,12-13H2,1-6H3. The Hall–Kier alpha value is -1.92. The van der Waals surface area contributed by atoms with Gasteiger partial charge in [0, 0.05) is 17.4 Å². The molecule has 0 fully saturated rings. The summed E-state index contributed by atoms with van der Waals surface area (Å²) in [6.45, 7) is 13.9. The van der Waals surface area contributed by atoms with Crippen molar-refractivity contribution in [3.8, 4) is 0 Å². The second-order valence-corrected chi connectivity index (χ2v) is 12.7. The van der Waals surface area contributed by atoms with E-state index in [4.69, 9.17) is 9.16 Å². The molecule has 0 aliphatic heterocycles. The third-order valence-corrected chi connectivity index (χ3v) is 9.63. The van der Waals surface area contributed by atoms with Gasteiger partial charge in [0.15, 0.2) is 8.32 Å². The third-order valence-electron chi connectivity index (χ3n) is 5.09. The van der Waals surface area contributed by atoms with E-state index in [2.05, 4.69) is 33.9 Å². The molecule has 0 aliphatic carbocycles. The Labute approximate surface area is 156 Å². The molecule has 0 atom stereocenters. The summed E-state index contributed by atoms with van der Waals surface area (Å²) >= 11 is 0. The van der Waals surface area contributed by atoms with Crippen LogP contribution in [0, 0.1) is 0 Å². The summed E-state index contributed by atoms with van der Waals surface area (Å²) in [5, 5.41) is 1.04. The fourth-order valence-corrected chi connectivity index (χ4v) is 3.58. The zero-order valence-electron chi connectivity index (χ0n) is 16.6. The van der Waals surface area contributed by atoms with Crippen molar-refractivity contribution in [2.75, 3.05) is 13.2 Å². The number of carbonyl (C=O) groups is 2. The topological polar surface area (TPSA) is 57.5 Å². The second-order valence-electron chi connectivity index (χ2n) is 7.90. The van der Waals surface area contributed by atoms with Crippen molar-refractivity contribution < 1.29 is 18.8 Å². The molecule has 0 spiro atoms. The highest BCUT2D eigenvalue weighted by molar-refractivity contribution is 6.74. The van der Waals surface area contributed by atoms with E-state index in [1.807, 2.05) is 28.8 Å². The van der Waals surface area contributed by atoms with Gasteiger partial charge in [-0.15, -0.1) is 0 Å². The Morgan fingerprint density at radius 3 is 2.42 bits per heavy atom. The molecule has 0 saturated heterocycles. The predicted molar refractivity (Wildman–Crippen MR) is 106 cm³/mol. The first-order valence-corrected chi connectivity index (χ1v) is 11.9. The minimum absolute atomic E-state index is 0.120. The number of benzene rings is 1. The number of Topliss-reactive ketones (excluding diaryl/α,β-unsaturated/α-hetero) is 1. The number of hydrogen-bond acceptors (Lipinski definition) is 4. The van der Waals surface area contributed by atoms with E-state index >= 15 is 0 Å². The summed E-state index contributed by atoms with van der Waals surface area (Å²) in [5.41, 5.74) is 1.27. The Kier molecular flexibility index (Phi) is 6.08. The Balaban J connectivity index is 2.29. The second kappa shape index (κ2) is 7.76. The van der Waals surface area contributed by atoms with Crippen molar-refractivity contribution in [2.45, 2.75) is 52.4 Å². The van der Waals surface area contributed by atoms with E-state index in [0.717, 1.165) is 10.9 Å². The van der Waals surface area contributed by atoms with Gasteiger partial charge in [-0.25, -0.2) is 4.79 Å². The maximum atomic E-state index is 12.5. The average Bonchev–Trinajstić information content (AvgIpc) is 2.92. The number of nitrogens with zero attached hydrogens (tertiary/aromatic N) is 1. The van der Waals surface area contributed by atoms with Gasteiger partial charge in [-0.1, -0.05) is 39.0 Å². The van der Waals surface area contributed by atoms with Crippen molar-refractivity contribution in [1.29, 1.82) is 0 Å². The lowest BCUT2D eigenvalue weighted by molar-refractivity contribution is -0.137. The largest absolute Gasteiger partial charge is 0.460 e. The van der Waals surface area contributed by atoms with Gasteiger partial charge < -0.3 is 13.7 Å². The fourth-order valence-electron chi connectivity index (χ4n) is 2.55. The van der Waals surface area contributed by atoms with Crippen LogP contribution in [0.3, 0.4) is 0 Å². The molecule has 2 aromatic rings. The number of fused-ring (bicyclic) bond motifs is 1. The highest BCUT2D eigenvalue weighted by Gasteiger charge is 2.37. The van der Waals surface area contributed by atoms with Crippen molar-refractivity contribution in [3.05, 3.63) is 36.0 Å². The zero-order valence-corrected chi connectivity index (χ0v) is 17.6. The van der Waals surface area contributed by atoms with Crippen LogP contribution in [0.15, 0.2) is 30.3 Å². The van der Waals surface area contributed by atoms with Crippen LogP contribution in [0.5, 0.6) is 0 Å². The molecular weight excluding hydrogens is 346 g/mol. The zero-order chi connectivity index (χ0) is 19.5. The molecule has 5 nitrogen and oxygen atoms in total. The maximum Gasteiger partial charge on any atom is 0.381 e. The summed E-state index contributed by atoms with van der Waals surface area (Å²) < 4.78 is 13.0. The lowest BCUT2D eigenvalue weighted by atomic mass is 10.2. The molecule has 6 heteroatoms. The molecule has 0 bridgehead atoms. The van der Waals surface area contributed by atoms with Crippen LogP contribution in [0.25, 0.3) is 10.9 Å². The molecule has 142 valence electrons. The smallest absolute Gasteiger partial charge is 0.381 e. The summed E-state index contributed by atoms with van der Waals surface area (Å²) in [4.78, 5) is 24.4. The maximum absolute atomic E-state index is 12.5. The van der Waals surface area contributed by atoms with Crippen LogP contribution in [0.2, 0.25) is 18.1 Å². The fraction of sp³-hybridized carbons (Fsp3) is 0.500. The van der Waals surface area contributed by atoms with Crippen molar-refractivity contribution in [3.63, 3.8) is 0 Å². The number of para-hydroxylation sites is 1. The number of ketones is 1. The molecule has 0 N–H and O–H groups in total. The number of esters is 1. The highest BCUT2D eigenvalue weighted by atomic mass is 28.4. The van der Waals surface area contributed by atoms with Gasteiger partial charge in [-0.05, 0) is 37.2 Å². The molecule has 0 unspecified atom stereocenters. The molecule has 1 aromatic heterocycles. The number of carbonyl (C=O) groups excluding carboxylic acids is 2. The van der Waals surface area contributed by atoms with Crippen LogP contribution in [-0.2, 0) is 20.5 Å². The normalized spacial score (nSPS) is 12.4. The molecule has 1 aromatic carbocycles. The molecular formula is C20H29NO4Si. The minimum Gasteiger partial charge on any atom is -0.460 e. The lowest BCUT2D eigenvalue weighted by Crippen LogP contribution is -2.41. The van der Waals surface area contributed by atoms with E-state index in [0.29, 0.717) is 18.8 Å². The van der Waals surface area contributed by atoms with E-state index < -0.39 is 20.1 Å². The van der Waals surface area contributed by atoms with Gasteiger partial charge in [-0.3, -0.25) is 4.79 Å². The highest BCUT2D eigenvalue weighted by Crippen LogP contribution is 2.36. The molecule has 1 heterocycles. The van der Waals surface area contributed by atoms with Crippen LogP contribution in [0.4, 0.5) is 0 Å². The van der Waals surface area contributed by atoms with Crippen LogP contribution < -0.4 is 0 Å². The van der Waals surface area contributed by atoms with Crippen molar-refractivity contribution in [1.82, 2.24) is 4.57 Å². The van der Waals surface area contributed by atoms with Gasteiger partial charge in [0.25, 0.3) is 5.78 Å². The first kappa shape index (κ1) is 20.4. The van der Waals surface area contributed by atoms with Gasteiger partial charge in [0.05, 0.1) is 18.9 Å². The third kappa shape index (κ3) is 4.24. The first-order chi connectivity index (χ1) is 12.1. The number of rotatable bonds is 7. The Morgan fingerprint density at radius 2 is 1.81 bits per heavy atom. The number of hydrogen-bond donors (Lipinski definition) is 0. The van der Waals surface area contributed by atoms with E-state index in [9.17, 15) is 9.59 Å². The SMILES string of the molecule is CCOC(=O)C(=O)c1cc2ccccc2n1CCO[Si](C)(C)C(C)(C)C. The molecule has 0 saturated carbocycles. The van der Waals surface area contributed by atoms with Crippen molar-refractivity contribution in [2.24, 2.45) is 0 Å². The van der Waals surface area contributed by atoms with Crippen molar-refractivity contribution >= 4 is 31.0 Å². The van der Waals surface area contributed by atoms with Crippen LogP contribution in [0.1, 0.15) is 38.2 Å². The van der Waals surface area contributed by atoms with Crippen LogP contribution >= 0.6 is 0 Å². The molecule has 0 aliphatic rings. The van der Waals surface area contributed by atoms with Gasteiger partial charge in [-0.2, -0.15) is 0 Å². The summed E-state index contributed by atoms with van der Waals surface area (Å²) in [6, 6.07) is 9.47.